The fraction of sp³-hybridized carbons (Fsp3) is 0.722. The topological polar surface area (TPSA) is 43.7 Å². The maximum atomic E-state index is 12.9. The van der Waals surface area contributed by atoms with Gasteiger partial charge in [-0.05, 0) is 49.7 Å². The van der Waals surface area contributed by atoms with E-state index in [0.29, 0.717) is 19.1 Å². The first-order chi connectivity index (χ1) is 11.2. The van der Waals surface area contributed by atoms with Gasteiger partial charge in [0, 0.05) is 33.0 Å². The highest BCUT2D eigenvalue weighted by Gasteiger charge is 2.43. The summed E-state index contributed by atoms with van der Waals surface area (Å²) in [6.45, 7) is 3.07. The van der Waals surface area contributed by atoms with E-state index in [2.05, 4.69) is 0 Å². The summed E-state index contributed by atoms with van der Waals surface area (Å²) in [6.07, 6.45) is 6.80. The minimum Gasteiger partial charge on any atom is -0.381 e. The molecule has 5 heteroatoms. The van der Waals surface area contributed by atoms with E-state index in [9.17, 15) is 4.79 Å². The van der Waals surface area contributed by atoms with Crippen molar-refractivity contribution in [1.82, 2.24) is 9.47 Å². The minimum atomic E-state index is 0.135. The Kier molecular flexibility index (Phi) is 4.16. The van der Waals surface area contributed by atoms with E-state index in [1.54, 1.807) is 0 Å². The minimum absolute atomic E-state index is 0.135. The third-order valence-electron chi connectivity index (χ3n) is 5.46. The molecule has 4 rings (SSSR count). The smallest absolute Gasteiger partial charge is 0.270 e. The molecule has 0 spiro atoms. The number of nitrogens with zero attached hydrogens (tertiary/aromatic N) is 2. The summed E-state index contributed by atoms with van der Waals surface area (Å²) < 4.78 is 13.7. The third-order valence-corrected chi connectivity index (χ3v) is 5.46. The highest BCUT2D eigenvalue weighted by Crippen LogP contribution is 2.36. The van der Waals surface area contributed by atoms with Crippen LogP contribution in [-0.4, -0.2) is 53.9 Å². The summed E-state index contributed by atoms with van der Waals surface area (Å²) >= 11 is 0. The Morgan fingerprint density at radius 3 is 2.87 bits per heavy atom. The van der Waals surface area contributed by atoms with Crippen molar-refractivity contribution < 1.29 is 14.3 Å². The van der Waals surface area contributed by atoms with Gasteiger partial charge in [0.05, 0.1) is 18.8 Å². The molecule has 3 fully saturated rings. The number of hydrogen-bond donors (Lipinski definition) is 0. The normalized spacial score (nSPS) is 30.5. The van der Waals surface area contributed by atoms with Crippen molar-refractivity contribution in [3.8, 4) is 0 Å². The average molecular weight is 318 g/mol. The Morgan fingerprint density at radius 2 is 2.13 bits per heavy atom. The van der Waals surface area contributed by atoms with Gasteiger partial charge in [0.15, 0.2) is 0 Å². The summed E-state index contributed by atoms with van der Waals surface area (Å²) in [4.78, 5) is 14.9. The van der Waals surface area contributed by atoms with Crippen LogP contribution in [0, 0.1) is 11.8 Å². The zero-order valence-corrected chi connectivity index (χ0v) is 13.8. The van der Waals surface area contributed by atoms with Gasteiger partial charge in [-0.25, -0.2) is 0 Å². The van der Waals surface area contributed by atoms with Crippen molar-refractivity contribution in [2.75, 3.05) is 26.4 Å². The molecule has 1 saturated heterocycles. The summed E-state index contributed by atoms with van der Waals surface area (Å²) in [5.41, 5.74) is 0.763. The molecular weight excluding hydrogens is 292 g/mol. The van der Waals surface area contributed by atoms with Crippen LogP contribution in [0.25, 0.3) is 0 Å². The van der Waals surface area contributed by atoms with E-state index in [1.165, 1.54) is 12.8 Å². The van der Waals surface area contributed by atoms with Gasteiger partial charge in [-0.15, -0.1) is 0 Å². The number of aromatic nitrogens is 1. The lowest BCUT2D eigenvalue weighted by Gasteiger charge is -2.37. The van der Waals surface area contributed by atoms with Crippen molar-refractivity contribution in [1.29, 1.82) is 0 Å². The van der Waals surface area contributed by atoms with Gasteiger partial charge in [-0.2, -0.15) is 0 Å². The molecule has 0 bridgehead atoms. The van der Waals surface area contributed by atoms with Crippen LogP contribution in [0.1, 0.15) is 36.2 Å². The van der Waals surface area contributed by atoms with Crippen LogP contribution in [0.2, 0.25) is 0 Å². The molecule has 23 heavy (non-hydrogen) atoms. The van der Waals surface area contributed by atoms with Gasteiger partial charge in [0.1, 0.15) is 5.69 Å². The van der Waals surface area contributed by atoms with Crippen molar-refractivity contribution in [3.05, 3.63) is 24.0 Å². The second-order valence-electron chi connectivity index (χ2n) is 7.30. The summed E-state index contributed by atoms with van der Waals surface area (Å²) in [5.74, 6) is 1.46. The predicted molar refractivity (Wildman–Crippen MR) is 86.2 cm³/mol. The Bertz CT molecular complexity index is 566. The molecule has 0 unspecified atom stereocenters. The molecule has 1 amide bonds. The Labute approximate surface area is 137 Å². The van der Waals surface area contributed by atoms with Crippen LogP contribution < -0.4 is 0 Å². The number of rotatable bonds is 5. The zero-order chi connectivity index (χ0) is 15.8. The van der Waals surface area contributed by atoms with Gasteiger partial charge < -0.3 is 18.9 Å². The van der Waals surface area contributed by atoms with Crippen molar-refractivity contribution >= 4 is 5.91 Å². The van der Waals surface area contributed by atoms with Gasteiger partial charge in [0.2, 0.25) is 0 Å². The quantitative estimate of drug-likeness (QED) is 0.835. The predicted octanol–water partition coefficient (Wildman–Crippen LogP) is 2.07. The van der Waals surface area contributed by atoms with Crippen LogP contribution in [0.5, 0.6) is 0 Å². The van der Waals surface area contributed by atoms with Crippen LogP contribution >= 0.6 is 0 Å². The largest absolute Gasteiger partial charge is 0.381 e. The number of hydrogen-bond acceptors (Lipinski definition) is 3. The molecule has 1 aromatic heterocycles. The van der Waals surface area contributed by atoms with Gasteiger partial charge in [-0.1, -0.05) is 0 Å². The van der Waals surface area contributed by atoms with Crippen LogP contribution in [-0.2, 0) is 16.5 Å². The average Bonchev–Trinajstić information content (AvgIpc) is 3.11. The monoisotopic (exact) mass is 318 g/mol. The molecule has 1 aliphatic heterocycles. The fourth-order valence-corrected chi connectivity index (χ4v) is 3.96. The SMILES string of the molecule is Cn1cccc1C(=O)N1CCO[C@@H]2C[C@H](COCC3CC3)C[C@H]21. The fourth-order valence-electron chi connectivity index (χ4n) is 3.96. The number of morpholine rings is 1. The maximum absolute atomic E-state index is 12.9. The molecule has 1 aromatic rings. The number of carbonyl (C=O) groups excluding carboxylic acids is 1. The molecule has 0 N–H and O–H groups in total. The van der Waals surface area contributed by atoms with Crippen LogP contribution in [0.4, 0.5) is 0 Å². The highest BCUT2D eigenvalue weighted by atomic mass is 16.5. The first-order valence-electron chi connectivity index (χ1n) is 8.84. The number of aryl methyl sites for hydroxylation is 1. The molecule has 0 aromatic carbocycles. The number of fused-ring (bicyclic) bond motifs is 1. The lowest BCUT2D eigenvalue weighted by molar-refractivity contribution is -0.0453. The van der Waals surface area contributed by atoms with Crippen molar-refractivity contribution in [2.24, 2.45) is 18.9 Å². The molecule has 3 atom stereocenters. The van der Waals surface area contributed by atoms with Gasteiger partial charge in [0.25, 0.3) is 5.91 Å². The lowest BCUT2D eigenvalue weighted by atomic mass is 10.1. The first kappa shape index (κ1) is 15.2. The standard InChI is InChI=1S/C18H26N2O3/c1-19-6-2-3-15(19)18(21)20-7-8-23-17-10-14(9-16(17)20)12-22-11-13-4-5-13/h2-3,6,13-14,16-17H,4-5,7-12H2,1H3/t14-,16-,17-/m1/s1. The van der Waals surface area contributed by atoms with E-state index in [-0.39, 0.29) is 18.1 Å². The molecule has 2 aliphatic carbocycles. The summed E-state index contributed by atoms with van der Waals surface area (Å²) in [5, 5.41) is 0. The van der Waals surface area contributed by atoms with E-state index in [4.69, 9.17) is 9.47 Å². The molecule has 0 radical (unpaired) electrons. The van der Waals surface area contributed by atoms with Crippen LogP contribution in [0.3, 0.4) is 0 Å². The molecule has 5 nitrogen and oxygen atoms in total. The van der Waals surface area contributed by atoms with E-state index >= 15 is 0 Å². The van der Waals surface area contributed by atoms with Gasteiger partial charge >= 0.3 is 0 Å². The second kappa shape index (κ2) is 6.29. The Morgan fingerprint density at radius 1 is 1.30 bits per heavy atom. The van der Waals surface area contributed by atoms with Crippen LogP contribution in [0.15, 0.2) is 18.3 Å². The van der Waals surface area contributed by atoms with Crippen molar-refractivity contribution in [3.63, 3.8) is 0 Å². The molecule has 2 heterocycles. The number of carbonyl (C=O) groups is 1. The second-order valence-corrected chi connectivity index (χ2v) is 7.30. The number of amides is 1. The summed E-state index contributed by atoms with van der Waals surface area (Å²) in [7, 11) is 1.92. The van der Waals surface area contributed by atoms with Crippen molar-refractivity contribution in [2.45, 2.75) is 37.8 Å². The van der Waals surface area contributed by atoms with Gasteiger partial charge in [-0.3, -0.25) is 4.79 Å². The number of ether oxygens (including phenoxy) is 2. The molecule has 3 aliphatic rings. The molecular formula is C18H26N2O3. The Balaban J connectivity index is 1.39. The zero-order valence-electron chi connectivity index (χ0n) is 13.8. The Hall–Kier alpha value is -1.33. The highest BCUT2D eigenvalue weighted by molar-refractivity contribution is 5.93. The maximum Gasteiger partial charge on any atom is 0.270 e. The summed E-state index contributed by atoms with van der Waals surface area (Å²) in [6, 6.07) is 4.03. The molecule has 126 valence electrons. The third kappa shape index (κ3) is 3.17. The lowest BCUT2D eigenvalue weighted by Crippen LogP contribution is -2.51. The molecule has 2 saturated carbocycles. The van der Waals surface area contributed by atoms with E-state index < -0.39 is 0 Å². The van der Waals surface area contributed by atoms with E-state index in [1.807, 2.05) is 34.8 Å². The van der Waals surface area contributed by atoms with E-state index in [0.717, 1.165) is 37.7 Å². The first-order valence-corrected chi connectivity index (χ1v) is 8.84.